The molecule has 0 unspecified atom stereocenters. The maximum atomic E-state index is 6.47. The summed E-state index contributed by atoms with van der Waals surface area (Å²) < 4.78 is 0. The molecule has 1 aliphatic heterocycles. The summed E-state index contributed by atoms with van der Waals surface area (Å²) in [6.45, 7) is 14.2. The first-order valence-corrected chi connectivity index (χ1v) is 13.5. The van der Waals surface area contributed by atoms with Gasteiger partial charge in [0, 0.05) is 43.2 Å². The summed E-state index contributed by atoms with van der Waals surface area (Å²) in [7, 11) is 0. The summed E-state index contributed by atoms with van der Waals surface area (Å²) in [6.07, 6.45) is 12.1. The zero-order chi connectivity index (χ0) is 24.6. The summed E-state index contributed by atoms with van der Waals surface area (Å²) in [5.41, 5.74) is 5.66. The number of hydrogen-bond donors (Lipinski definition) is 0. The van der Waals surface area contributed by atoms with E-state index in [2.05, 4.69) is 67.0 Å². The predicted molar refractivity (Wildman–Crippen MR) is 151 cm³/mol. The van der Waals surface area contributed by atoms with Crippen molar-refractivity contribution in [3.05, 3.63) is 87.4 Å². The lowest BCUT2D eigenvalue weighted by atomic mass is 9.93. The van der Waals surface area contributed by atoms with E-state index in [0.29, 0.717) is 5.41 Å². The van der Waals surface area contributed by atoms with E-state index in [1.807, 2.05) is 31.2 Å². The highest BCUT2D eigenvalue weighted by Crippen LogP contribution is 2.53. The fraction of sp³-hybridized carbons (Fsp3) is 0.467. The van der Waals surface area contributed by atoms with Gasteiger partial charge in [-0.15, -0.1) is 0 Å². The predicted octanol–water partition coefficient (Wildman–Crippen LogP) is 8.50. The van der Waals surface area contributed by atoms with Crippen LogP contribution in [-0.2, 0) is 0 Å². The molecule has 184 valence electrons. The maximum Gasteiger partial charge on any atom is 0.0642 e. The van der Waals surface area contributed by atoms with E-state index in [0.717, 1.165) is 49.1 Å². The van der Waals surface area contributed by atoms with Crippen molar-refractivity contribution in [3.8, 4) is 0 Å². The zero-order valence-corrected chi connectivity index (χ0v) is 22.8. The van der Waals surface area contributed by atoms with E-state index in [9.17, 15) is 0 Å². The van der Waals surface area contributed by atoms with Gasteiger partial charge in [-0.25, -0.2) is 0 Å². The third-order valence-corrected chi connectivity index (χ3v) is 7.33. The zero-order valence-electron chi connectivity index (χ0n) is 21.3. The Bertz CT molecular complexity index is 945. The lowest BCUT2D eigenvalue weighted by Gasteiger charge is -2.38. The molecular formula is C30H40Cl2N2. The molecule has 34 heavy (non-hydrogen) atoms. The van der Waals surface area contributed by atoms with Crippen LogP contribution in [-0.4, -0.2) is 37.6 Å². The Kier molecular flexibility index (Phi) is 10.1. The minimum absolute atomic E-state index is 0.422. The fourth-order valence-corrected chi connectivity index (χ4v) is 5.07. The SMILES string of the molecule is CC/C=C\C(=C/CC)C1(CN2CCN(c3ccc(C)cc3Cl)CC2)CC1.Cc1ccc(Cl)cc1. The van der Waals surface area contributed by atoms with E-state index >= 15 is 0 Å². The molecule has 0 aromatic heterocycles. The van der Waals surface area contributed by atoms with Crippen molar-refractivity contribution in [2.24, 2.45) is 5.41 Å². The Morgan fingerprint density at radius 3 is 2.06 bits per heavy atom. The number of hydrogen-bond acceptors (Lipinski definition) is 2. The van der Waals surface area contributed by atoms with Crippen LogP contribution in [0.25, 0.3) is 0 Å². The van der Waals surface area contributed by atoms with Crippen LogP contribution in [0.1, 0.15) is 50.7 Å². The van der Waals surface area contributed by atoms with Gasteiger partial charge in [0.15, 0.2) is 0 Å². The lowest BCUT2D eigenvalue weighted by Crippen LogP contribution is -2.48. The van der Waals surface area contributed by atoms with Crippen LogP contribution in [0, 0.1) is 19.3 Å². The first-order chi connectivity index (χ1) is 16.4. The van der Waals surface area contributed by atoms with Gasteiger partial charge < -0.3 is 4.90 Å². The molecule has 2 fully saturated rings. The highest BCUT2D eigenvalue weighted by Gasteiger charge is 2.46. The van der Waals surface area contributed by atoms with Crippen molar-refractivity contribution < 1.29 is 0 Å². The first kappa shape index (κ1) is 26.9. The third-order valence-electron chi connectivity index (χ3n) is 6.78. The van der Waals surface area contributed by atoms with Crippen molar-refractivity contribution in [2.75, 3.05) is 37.6 Å². The fourth-order valence-electron chi connectivity index (χ4n) is 4.59. The molecule has 0 N–H and O–H groups in total. The molecule has 1 heterocycles. The second-order valence-electron chi connectivity index (χ2n) is 9.67. The van der Waals surface area contributed by atoms with Crippen LogP contribution in [0.5, 0.6) is 0 Å². The highest BCUT2D eigenvalue weighted by molar-refractivity contribution is 6.33. The van der Waals surface area contributed by atoms with Gasteiger partial charge in [-0.05, 0) is 74.9 Å². The molecule has 0 spiro atoms. The number of allylic oxidation sites excluding steroid dienone is 3. The van der Waals surface area contributed by atoms with Crippen molar-refractivity contribution >= 4 is 28.9 Å². The molecular weight excluding hydrogens is 459 g/mol. The summed E-state index contributed by atoms with van der Waals surface area (Å²) in [5, 5.41) is 1.69. The van der Waals surface area contributed by atoms with Gasteiger partial charge in [-0.3, -0.25) is 4.90 Å². The Labute approximate surface area is 217 Å². The molecule has 2 aromatic carbocycles. The van der Waals surface area contributed by atoms with E-state index in [1.54, 1.807) is 5.57 Å². The summed E-state index contributed by atoms with van der Waals surface area (Å²) in [4.78, 5) is 5.10. The van der Waals surface area contributed by atoms with E-state index in [4.69, 9.17) is 23.2 Å². The van der Waals surface area contributed by atoms with Crippen LogP contribution < -0.4 is 4.90 Å². The second-order valence-corrected chi connectivity index (χ2v) is 10.5. The van der Waals surface area contributed by atoms with E-state index < -0.39 is 0 Å². The van der Waals surface area contributed by atoms with Crippen molar-refractivity contribution in [2.45, 2.75) is 53.4 Å². The van der Waals surface area contributed by atoms with Crippen LogP contribution in [0.4, 0.5) is 5.69 Å². The topological polar surface area (TPSA) is 6.48 Å². The van der Waals surface area contributed by atoms with Gasteiger partial charge in [0.1, 0.15) is 0 Å². The Hall–Kier alpha value is -1.74. The first-order valence-electron chi connectivity index (χ1n) is 12.7. The molecule has 2 nitrogen and oxygen atoms in total. The molecule has 4 heteroatoms. The minimum atomic E-state index is 0.422. The average Bonchev–Trinajstić information content (AvgIpc) is 3.60. The molecule has 4 rings (SSSR count). The molecule has 0 radical (unpaired) electrons. The number of anilines is 1. The molecule has 1 saturated carbocycles. The highest BCUT2D eigenvalue weighted by atomic mass is 35.5. The van der Waals surface area contributed by atoms with Crippen molar-refractivity contribution in [1.29, 1.82) is 0 Å². The molecule has 1 saturated heterocycles. The van der Waals surface area contributed by atoms with Crippen molar-refractivity contribution in [1.82, 2.24) is 4.90 Å². The van der Waals surface area contributed by atoms with Gasteiger partial charge in [-0.2, -0.15) is 0 Å². The number of piperazine rings is 1. The lowest BCUT2D eigenvalue weighted by molar-refractivity contribution is 0.224. The summed E-state index contributed by atoms with van der Waals surface area (Å²) in [6, 6.07) is 14.2. The van der Waals surface area contributed by atoms with Crippen molar-refractivity contribution in [3.63, 3.8) is 0 Å². The number of halogens is 2. The molecule has 1 aliphatic carbocycles. The largest absolute Gasteiger partial charge is 0.368 e. The summed E-state index contributed by atoms with van der Waals surface area (Å²) in [5.74, 6) is 0. The van der Waals surface area contributed by atoms with Crippen LogP contribution in [0.3, 0.4) is 0 Å². The number of aryl methyl sites for hydroxylation is 2. The smallest absolute Gasteiger partial charge is 0.0642 e. The maximum absolute atomic E-state index is 6.47. The Balaban J connectivity index is 0.000000343. The van der Waals surface area contributed by atoms with E-state index in [-0.39, 0.29) is 0 Å². The van der Waals surface area contributed by atoms with Gasteiger partial charge in [-0.1, -0.05) is 79.0 Å². The number of benzene rings is 2. The quantitative estimate of drug-likeness (QED) is 0.353. The van der Waals surface area contributed by atoms with Gasteiger partial charge in [0.25, 0.3) is 0 Å². The van der Waals surface area contributed by atoms with Crippen LogP contribution >= 0.6 is 23.2 Å². The Morgan fingerprint density at radius 2 is 1.53 bits per heavy atom. The van der Waals surface area contributed by atoms with Gasteiger partial charge >= 0.3 is 0 Å². The van der Waals surface area contributed by atoms with Gasteiger partial charge in [0.2, 0.25) is 0 Å². The standard InChI is InChI=1S/C23H33ClN2.C7H7Cl/c1-4-6-8-20(7-5-2)23(11-12-23)18-25-13-15-26(16-14-25)22-10-9-19(3)17-21(22)24;1-6-2-4-7(8)5-3-6/h6-10,17H,4-5,11-16,18H2,1-3H3;2-5H,1H3/b8-6-,20-7+;. The van der Waals surface area contributed by atoms with E-state index in [1.165, 1.54) is 36.2 Å². The van der Waals surface area contributed by atoms with Crippen LogP contribution in [0.15, 0.2) is 66.3 Å². The average molecular weight is 500 g/mol. The minimum Gasteiger partial charge on any atom is -0.368 e. The third kappa shape index (κ3) is 7.63. The van der Waals surface area contributed by atoms with Crippen LogP contribution in [0.2, 0.25) is 10.0 Å². The normalized spacial score (nSPS) is 18.1. The monoisotopic (exact) mass is 498 g/mol. The summed E-state index contributed by atoms with van der Waals surface area (Å²) >= 11 is 12.1. The Morgan fingerprint density at radius 1 is 0.882 bits per heavy atom. The molecule has 2 aliphatic rings. The van der Waals surface area contributed by atoms with Gasteiger partial charge in [0.05, 0.1) is 10.7 Å². The molecule has 0 bridgehead atoms. The molecule has 0 amide bonds. The molecule has 2 aromatic rings. The molecule has 0 atom stereocenters. The second kappa shape index (κ2) is 12.8. The number of nitrogens with zero attached hydrogens (tertiary/aromatic N) is 2. The number of rotatable bonds is 7.